The van der Waals surface area contributed by atoms with Crippen molar-refractivity contribution in [3.8, 4) is 5.75 Å². The van der Waals surface area contributed by atoms with Crippen molar-refractivity contribution in [2.45, 2.75) is 32.3 Å². The van der Waals surface area contributed by atoms with Crippen LogP contribution in [0.3, 0.4) is 0 Å². The first-order valence-electron chi connectivity index (χ1n) is 8.73. The quantitative estimate of drug-likeness (QED) is 0.721. The number of hydrogen-bond acceptors (Lipinski definition) is 5. The molecule has 2 aromatic heterocycles. The maximum absolute atomic E-state index is 12.4. The molecule has 0 saturated carbocycles. The smallest absolute Gasteiger partial charge is 0.230 e. The normalized spacial score (nSPS) is 16.9. The number of hydrogen-bond donors (Lipinski definition) is 1. The average Bonchev–Trinajstić information content (AvgIpc) is 3.32. The molecule has 26 heavy (non-hydrogen) atoms. The van der Waals surface area contributed by atoms with Gasteiger partial charge in [-0.1, -0.05) is 6.07 Å². The number of aryl methyl sites for hydroxylation is 1. The second-order valence-corrected chi connectivity index (χ2v) is 7.37. The Labute approximate surface area is 155 Å². The van der Waals surface area contributed by atoms with Gasteiger partial charge in [0.15, 0.2) is 4.96 Å². The number of nitrogens with zero attached hydrogens (tertiary/aromatic N) is 2. The molecule has 1 N–H and O–H groups in total. The topological polar surface area (TPSA) is 64.9 Å². The lowest BCUT2D eigenvalue weighted by atomic mass is 10.2. The second kappa shape index (κ2) is 7.47. The molecule has 1 fully saturated rings. The van der Waals surface area contributed by atoms with E-state index in [1.165, 1.54) is 0 Å². The van der Waals surface area contributed by atoms with Gasteiger partial charge in [-0.2, -0.15) is 0 Å². The van der Waals surface area contributed by atoms with Crippen molar-refractivity contribution in [2.75, 3.05) is 18.5 Å². The molecular formula is C19H21N3O3S. The van der Waals surface area contributed by atoms with Crippen LogP contribution < -0.4 is 10.1 Å². The van der Waals surface area contributed by atoms with Gasteiger partial charge in [-0.25, -0.2) is 4.98 Å². The van der Waals surface area contributed by atoms with Crippen LogP contribution in [0.4, 0.5) is 5.69 Å². The van der Waals surface area contributed by atoms with Crippen LogP contribution >= 0.6 is 11.3 Å². The highest BCUT2D eigenvalue weighted by atomic mass is 32.1. The number of imidazole rings is 1. The van der Waals surface area contributed by atoms with E-state index >= 15 is 0 Å². The Bertz CT molecular complexity index is 883. The highest BCUT2D eigenvalue weighted by Gasteiger charge is 2.17. The lowest BCUT2D eigenvalue weighted by Crippen LogP contribution is -2.19. The summed E-state index contributed by atoms with van der Waals surface area (Å²) in [5, 5.41) is 4.92. The van der Waals surface area contributed by atoms with Gasteiger partial charge in [0.25, 0.3) is 0 Å². The van der Waals surface area contributed by atoms with Gasteiger partial charge < -0.3 is 14.8 Å². The van der Waals surface area contributed by atoms with E-state index in [9.17, 15) is 4.79 Å². The number of benzene rings is 1. The molecule has 0 radical (unpaired) electrons. The van der Waals surface area contributed by atoms with Gasteiger partial charge in [-0.05, 0) is 37.5 Å². The van der Waals surface area contributed by atoms with Crippen molar-refractivity contribution in [3.63, 3.8) is 0 Å². The lowest BCUT2D eigenvalue weighted by molar-refractivity contribution is -0.115. The van der Waals surface area contributed by atoms with E-state index in [2.05, 4.69) is 10.3 Å². The predicted octanol–water partition coefficient (Wildman–Crippen LogP) is 3.44. The van der Waals surface area contributed by atoms with Crippen molar-refractivity contribution < 1.29 is 14.3 Å². The zero-order chi connectivity index (χ0) is 17.9. The maximum atomic E-state index is 12.4. The number of amides is 1. The van der Waals surface area contributed by atoms with E-state index in [4.69, 9.17) is 9.47 Å². The standard InChI is InChI=1S/C19H21N3O3S/c1-13-4-5-16(17(9-13)25-12-15-3-2-7-24-15)21-18(23)10-14-11-22-6-8-26-19(22)20-14/h4-6,8-9,11,15H,2-3,7,10,12H2,1H3,(H,21,23). The van der Waals surface area contributed by atoms with Crippen LogP contribution in [-0.4, -0.2) is 34.6 Å². The summed E-state index contributed by atoms with van der Waals surface area (Å²) >= 11 is 1.55. The van der Waals surface area contributed by atoms with Gasteiger partial charge in [-0.15, -0.1) is 11.3 Å². The van der Waals surface area contributed by atoms with Gasteiger partial charge >= 0.3 is 0 Å². The molecule has 1 amide bonds. The summed E-state index contributed by atoms with van der Waals surface area (Å²) in [4.78, 5) is 17.8. The molecule has 1 aliphatic heterocycles. The Balaban J connectivity index is 1.42. The van der Waals surface area contributed by atoms with E-state index in [1.54, 1.807) is 11.3 Å². The molecule has 4 rings (SSSR count). The first-order chi connectivity index (χ1) is 12.7. The number of fused-ring (bicyclic) bond motifs is 1. The predicted molar refractivity (Wildman–Crippen MR) is 101 cm³/mol. The third kappa shape index (κ3) is 3.89. The van der Waals surface area contributed by atoms with Crippen LogP contribution in [-0.2, 0) is 16.0 Å². The number of anilines is 1. The number of aromatic nitrogens is 2. The fraction of sp³-hybridized carbons (Fsp3) is 0.368. The van der Waals surface area contributed by atoms with Crippen LogP contribution in [0.5, 0.6) is 5.75 Å². The van der Waals surface area contributed by atoms with Crippen LogP contribution in [0.15, 0.2) is 36.0 Å². The van der Waals surface area contributed by atoms with Gasteiger partial charge in [0.2, 0.25) is 5.91 Å². The summed E-state index contributed by atoms with van der Waals surface area (Å²) < 4.78 is 13.5. The van der Waals surface area contributed by atoms with Crippen LogP contribution in [0.2, 0.25) is 0 Å². The minimum Gasteiger partial charge on any atom is -0.489 e. The Morgan fingerprint density at radius 1 is 1.50 bits per heavy atom. The fourth-order valence-corrected chi connectivity index (χ4v) is 3.75. The molecule has 1 saturated heterocycles. The Morgan fingerprint density at radius 3 is 3.23 bits per heavy atom. The molecule has 6 nitrogen and oxygen atoms in total. The van der Waals surface area contributed by atoms with E-state index < -0.39 is 0 Å². The molecule has 3 aromatic rings. The Hall–Kier alpha value is -2.38. The van der Waals surface area contributed by atoms with Gasteiger partial charge in [0.1, 0.15) is 12.4 Å². The van der Waals surface area contributed by atoms with E-state index in [0.717, 1.165) is 35.7 Å². The summed E-state index contributed by atoms with van der Waals surface area (Å²) in [7, 11) is 0. The third-order valence-corrected chi connectivity index (χ3v) is 5.12. The zero-order valence-electron chi connectivity index (χ0n) is 14.6. The third-order valence-electron chi connectivity index (χ3n) is 4.34. The van der Waals surface area contributed by atoms with Gasteiger partial charge in [0.05, 0.1) is 23.9 Å². The number of carbonyl (C=O) groups is 1. The Kier molecular flexibility index (Phi) is 4.90. The van der Waals surface area contributed by atoms with Crippen molar-refractivity contribution in [2.24, 2.45) is 0 Å². The molecule has 1 aromatic carbocycles. The largest absolute Gasteiger partial charge is 0.489 e. The molecule has 1 atom stereocenters. The molecular weight excluding hydrogens is 350 g/mol. The van der Waals surface area contributed by atoms with E-state index in [0.29, 0.717) is 18.0 Å². The zero-order valence-corrected chi connectivity index (χ0v) is 15.4. The average molecular weight is 371 g/mol. The number of carbonyl (C=O) groups excluding carboxylic acids is 1. The molecule has 0 spiro atoms. The van der Waals surface area contributed by atoms with E-state index in [-0.39, 0.29) is 18.4 Å². The van der Waals surface area contributed by atoms with Crippen LogP contribution in [0.25, 0.3) is 4.96 Å². The molecule has 1 unspecified atom stereocenters. The second-order valence-electron chi connectivity index (χ2n) is 6.50. The summed E-state index contributed by atoms with van der Waals surface area (Å²) in [5.41, 5.74) is 2.52. The highest BCUT2D eigenvalue weighted by Crippen LogP contribution is 2.27. The molecule has 1 aliphatic rings. The summed E-state index contributed by atoms with van der Waals surface area (Å²) in [6, 6.07) is 5.78. The van der Waals surface area contributed by atoms with Crippen LogP contribution in [0, 0.1) is 6.92 Å². The fourth-order valence-electron chi connectivity index (χ4n) is 3.03. The molecule has 7 heteroatoms. The molecule has 3 heterocycles. The SMILES string of the molecule is Cc1ccc(NC(=O)Cc2cn3ccsc3n2)c(OCC2CCCO2)c1. The maximum Gasteiger partial charge on any atom is 0.230 e. The number of nitrogens with one attached hydrogen (secondary N) is 1. The van der Waals surface area contributed by atoms with Gasteiger partial charge in [0, 0.05) is 24.4 Å². The summed E-state index contributed by atoms with van der Waals surface area (Å²) in [5.74, 6) is 0.571. The summed E-state index contributed by atoms with van der Waals surface area (Å²) in [6.07, 6.45) is 6.28. The lowest BCUT2D eigenvalue weighted by Gasteiger charge is -2.15. The summed E-state index contributed by atoms with van der Waals surface area (Å²) in [6.45, 7) is 3.31. The van der Waals surface area contributed by atoms with Crippen molar-refractivity contribution in [3.05, 3.63) is 47.2 Å². The molecule has 0 bridgehead atoms. The number of thiazole rings is 1. The van der Waals surface area contributed by atoms with Crippen molar-refractivity contribution in [1.29, 1.82) is 0 Å². The van der Waals surface area contributed by atoms with Crippen molar-refractivity contribution >= 4 is 27.9 Å². The highest BCUT2D eigenvalue weighted by molar-refractivity contribution is 7.15. The Morgan fingerprint density at radius 2 is 2.42 bits per heavy atom. The van der Waals surface area contributed by atoms with E-state index in [1.807, 2.05) is 47.3 Å². The first-order valence-corrected chi connectivity index (χ1v) is 9.61. The minimum absolute atomic E-state index is 0.110. The first kappa shape index (κ1) is 17.1. The molecule has 0 aliphatic carbocycles. The monoisotopic (exact) mass is 371 g/mol. The van der Waals surface area contributed by atoms with Gasteiger partial charge in [-0.3, -0.25) is 9.20 Å². The number of ether oxygens (including phenoxy) is 2. The minimum atomic E-state index is -0.110. The number of rotatable bonds is 6. The van der Waals surface area contributed by atoms with Crippen molar-refractivity contribution in [1.82, 2.24) is 9.38 Å². The molecule has 136 valence electrons. The van der Waals surface area contributed by atoms with Crippen LogP contribution in [0.1, 0.15) is 24.1 Å².